The van der Waals surface area contributed by atoms with Crippen LogP contribution >= 0.6 is 0 Å². The van der Waals surface area contributed by atoms with Crippen LogP contribution in [-0.2, 0) is 12.8 Å². The molecule has 1 unspecified atom stereocenters. The third-order valence-corrected chi connectivity index (χ3v) is 2.90. The molecule has 0 saturated heterocycles. The van der Waals surface area contributed by atoms with Gasteiger partial charge in [0, 0.05) is 6.42 Å². The number of aryl methyl sites for hydroxylation is 2. The number of aliphatic hydroxyl groups excluding tert-OH is 1. The Labute approximate surface area is 102 Å². The van der Waals surface area contributed by atoms with Crippen molar-refractivity contribution in [3.8, 4) is 0 Å². The lowest BCUT2D eigenvalue weighted by Gasteiger charge is -2.09. The molecular weight excluding hydrogens is 212 g/mol. The van der Waals surface area contributed by atoms with Gasteiger partial charge in [0.2, 0.25) is 0 Å². The molecule has 0 aliphatic carbocycles. The highest BCUT2D eigenvalue weighted by Gasteiger charge is 2.07. The second kappa shape index (κ2) is 5.69. The summed E-state index contributed by atoms with van der Waals surface area (Å²) >= 11 is 0. The van der Waals surface area contributed by atoms with Crippen LogP contribution in [-0.4, -0.2) is 11.2 Å². The predicted molar refractivity (Wildman–Crippen MR) is 67.9 cm³/mol. The van der Waals surface area contributed by atoms with Crippen molar-refractivity contribution in [3.05, 3.63) is 59.5 Å². The van der Waals surface area contributed by atoms with Gasteiger partial charge in [0.25, 0.3) is 0 Å². The Kier molecular flexibility index (Phi) is 3.99. The smallest absolute Gasteiger partial charge is 0.103 e. The van der Waals surface area contributed by atoms with Gasteiger partial charge in [-0.15, -0.1) is 0 Å². The van der Waals surface area contributed by atoms with Gasteiger partial charge in [-0.3, -0.25) is 0 Å². The molecule has 0 bridgehead atoms. The summed E-state index contributed by atoms with van der Waals surface area (Å²) in [5, 5.41) is 9.93. The van der Waals surface area contributed by atoms with Crippen molar-refractivity contribution >= 4 is 0 Å². The predicted octanol–water partition coefficient (Wildman–Crippen LogP) is 3.12. The maximum atomic E-state index is 9.93. The van der Waals surface area contributed by atoms with Crippen molar-refractivity contribution in [1.82, 2.24) is 0 Å². The molecule has 1 N–H and O–H groups in total. The summed E-state index contributed by atoms with van der Waals surface area (Å²) in [5.74, 6) is 0.938. The Hall–Kier alpha value is -1.54. The van der Waals surface area contributed by atoms with Crippen molar-refractivity contribution in [1.29, 1.82) is 0 Å². The Morgan fingerprint density at radius 1 is 1.18 bits per heavy atom. The standard InChI is InChI=1S/C15H18O2/c1-12-4-6-13(7-5-12)11-14(16)8-9-15-3-2-10-17-15/h2-7,10,14,16H,8-9,11H2,1H3. The highest BCUT2D eigenvalue weighted by Crippen LogP contribution is 2.11. The lowest BCUT2D eigenvalue weighted by molar-refractivity contribution is 0.163. The molecule has 0 fully saturated rings. The molecule has 2 nitrogen and oxygen atoms in total. The number of hydrogen-bond donors (Lipinski definition) is 1. The van der Waals surface area contributed by atoms with E-state index < -0.39 is 0 Å². The molecule has 90 valence electrons. The van der Waals surface area contributed by atoms with Gasteiger partial charge in [-0.25, -0.2) is 0 Å². The normalized spacial score (nSPS) is 12.6. The lowest BCUT2D eigenvalue weighted by Crippen LogP contribution is -2.11. The summed E-state index contributed by atoms with van der Waals surface area (Å²) in [6, 6.07) is 12.1. The zero-order chi connectivity index (χ0) is 12.1. The van der Waals surface area contributed by atoms with Crippen LogP contribution in [0, 0.1) is 6.92 Å². The molecule has 2 rings (SSSR count). The molecule has 1 aromatic carbocycles. The van der Waals surface area contributed by atoms with Crippen molar-refractivity contribution in [3.63, 3.8) is 0 Å². The van der Waals surface area contributed by atoms with Crippen LogP contribution in [0.3, 0.4) is 0 Å². The summed E-state index contributed by atoms with van der Waals surface area (Å²) in [4.78, 5) is 0. The van der Waals surface area contributed by atoms with Crippen LogP contribution in [0.25, 0.3) is 0 Å². The zero-order valence-corrected chi connectivity index (χ0v) is 10.1. The fourth-order valence-electron chi connectivity index (χ4n) is 1.86. The van der Waals surface area contributed by atoms with Crippen LogP contribution in [0.5, 0.6) is 0 Å². The summed E-state index contributed by atoms with van der Waals surface area (Å²) in [7, 11) is 0. The maximum absolute atomic E-state index is 9.93. The van der Waals surface area contributed by atoms with E-state index in [0.29, 0.717) is 6.42 Å². The summed E-state index contributed by atoms with van der Waals surface area (Å²) in [5.41, 5.74) is 2.43. The zero-order valence-electron chi connectivity index (χ0n) is 10.1. The third-order valence-electron chi connectivity index (χ3n) is 2.90. The molecular formula is C15H18O2. The Morgan fingerprint density at radius 3 is 2.59 bits per heavy atom. The van der Waals surface area contributed by atoms with Crippen LogP contribution < -0.4 is 0 Å². The van der Waals surface area contributed by atoms with Gasteiger partial charge in [-0.2, -0.15) is 0 Å². The number of rotatable bonds is 5. The minimum atomic E-state index is -0.303. The van der Waals surface area contributed by atoms with E-state index in [1.807, 2.05) is 12.1 Å². The van der Waals surface area contributed by atoms with Gasteiger partial charge >= 0.3 is 0 Å². The Bertz CT molecular complexity index is 428. The van der Waals surface area contributed by atoms with Crippen molar-refractivity contribution in [2.24, 2.45) is 0 Å². The molecule has 1 atom stereocenters. The van der Waals surface area contributed by atoms with Gasteiger partial charge in [-0.1, -0.05) is 29.8 Å². The van der Waals surface area contributed by atoms with E-state index in [1.165, 1.54) is 11.1 Å². The largest absolute Gasteiger partial charge is 0.469 e. The van der Waals surface area contributed by atoms with Crippen molar-refractivity contribution < 1.29 is 9.52 Å². The quantitative estimate of drug-likeness (QED) is 0.856. The monoisotopic (exact) mass is 230 g/mol. The minimum Gasteiger partial charge on any atom is -0.469 e. The van der Waals surface area contributed by atoms with Crippen molar-refractivity contribution in [2.75, 3.05) is 0 Å². The van der Waals surface area contributed by atoms with Gasteiger partial charge in [0.15, 0.2) is 0 Å². The highest BCUT2D eigenvalue weighted by molar-refractivity contribution is 5.21. The Balaban J connectivity index is 1.80. The van der Waals surface area contributed by atoms with Gasteiger partial charge in [0.05, 0.1) is 12.4 Å². The molecule has 0 aliphatic rings. The molecule has 0 spiro atoms. The average Bonchev–Trinajstić information content (AvgIpc) is 2.83. The fraction of sp³-hybridized carbons (Fsp3) is 0.333. The number of benzene rings is 1. The number of hydrogen-bond acceptors (Lipinski definition) is 2. The van der Waals surface area contributed by atoms with Gasteiger partial charge in [0.1, 0.15) is 5.76 Å². The first kappa shape index (κ1) is 11.9. The first-order valence-electron chi connectivity index (χ1n) is 6.00. The number of aliphatic hydroxyl groups is 1. The first-order valence-corrected chi connectivity index (χ1v) is 6.00. The van der Waals surface area contributed by atoms with Crippen LogP contribution in [0.15, 0.2) is 47.1 Å². The second-order valence-corrected chi connectivity index (χ2v) is 4.46. The fourth-order valence-corrected chi connectivity index (χ4v) is 1.86. The molecule has 0 aliphatic heterocycles. The third kappa shape index (κ3) is 3.75. The topological polar surface area (TPSA) is 33.4 Å². The molecule has 17 heavy (non-hydrogen) atoms. The molecule has 2 aromatic rings. The van der Waals surface area contributed by atoms with E-state index in [0.717, 1.165) is 18.6 Å². The van der Waals surface area contributed by atoms with E-state index in [1.54, 1.807) is 6.26 Å². The lowest BCUT2D eigenvalue weighted by atomic mass is 10.0. The van der Waals surface area contributed by atoms with Crippen LogP contribution in [0.1, 0.15) is 23.3 Å². The minimum absolute atomic E-state index is 0.303. The summed E-state index contributed by atoms with van der Waals surface area (Å²) < 4.78 is 5.24. The summed E-state index contributed by atoms with van der Waals surface area (Å²) in [6.45, 7) is 2.07. The first-order chi connectivity index (χ1) is 8.24. The maximum Gasteiger partial charge on any atom is 0.103 e. The molecule has 0 saturated carbocycles. The second-order valence-electron chi connectivity index (χ2n) is 4.46. The summed E-state index contributed by atoms with van der Waals surface area (Å²) in [6.07, 6.45) is 3.60. The van der Waals surface area contributed by atoms with E-state index in [9.17, 15) is 5.11 Å². The molecule has 2 heteroatoms. The Morgan fingerprint density at radius 2 is 1.94 bits per heavy atom. The SMILES string of the molecule is Cc1ccc(CC(O)CCc2ccco2)cc1. The molecule has 1 aromatic heterocycles. The molecule has 0 amide bonds. The van der Waals surface area contributed by atoms with E-state index in [2.05, 4.69) is 31.2 Å². The average molecular weight is 230 g/mol. The van der Waals surface area contributed by atoms with Crippen LogP contribution in [0.4, 0.5) is 0 Å². The molecule has 0 radical (unpaired) electrons. The van der Waals surface area contributed by atoms with E-state index >= 15 is 0 Å². The van der Waals surface area contributed by atoms with Gasteiger partial charge < -0.3 is 9.52 Å². The highest BCUT2D eigenvalue weighted by atomic mass is 16.3. The molecule has 1 heterocycles. The van der Waals surface area contributed by atoms with Crippen LogP contribution in [0.2, 0.25) is 0 Å². The van der Waals surface area contributed by atoms with Crippen molar-refractivity contribution in [2.45, 2.75) is 32.3 Å². The van der Waals surface area contributed by atoms with E-state index in [-0.39, 0.29) is 6.10 Å². The van der Waals surface area contributed by atoms with E-state index in [4.69, 9.17) is 4.42 Å². The van der Waals surface area contributed by atoms with Gasteiger partial charge in [-0.05, 0) is 37.5 Å². The number of furan rings is 1.